The van der Waals surface area contributed by atoms with Crippen molar-refractivity contribution in [3.05, 3.63) is 58.3 Å². The Hall–Kier alpha value is -1.39. The van der Waals surface area contributed by atoms with Gasteiger partial charge in [0.25, 0.3) is 0 Å². The smallest absolute Gasteiger partial charge is 0.139 e. The van der Waals surface area contributed by atoms with Crippen molar-refractivity contribution in [2.24, 2.45) is 0 Å². The van der Waals surface area contributed by atoms with Gasteiger partial charge in [0, 0.05) is 10.7 Å². The quantitative estimate of drug-likeness (QED) is 0.733. The first-order valence-corrected chi connectivity index (χ1v) is 8.09. The number of aromatic nitrogens is 1. The van der Waals surface area contributed by atoms with Crippen LogP contribution >= 0.6 is 15.9 Å². The highest BCUT2D eigenvalue weighted by molar-refractivity contribution is 9.10. The summed E-state index contributed by atoms with van der Waals surface area (Å²) >= 11 is 3.40. The molecule has 1 N–H and O–H groups in total. The molecule has 0 aliphatic carbocycles. The molecule has 0 aliphatic heterocycles. The highest BCUT2D eigenvalue weighted by atomic mass is 79.9. The molecule has 0 unspecified atom stereocenters. The Morgan fingerprint density at radius 3 is 2.71 bits per heavy atom. The van der Waals surface area contributed by atoms with Crippen LogP contribution in [0, 0.1) is 0 Å². The molecule has 0 atom stereocenters. The minimum atomic E-state index is 0.572. The standard InChI is InChI=1S/C17H21BrN2O/c1-2-8-19-9-7-14-5-3-4-6-15(14)13-21-17-10-16(18)11-20-12-17/h3-6,10-12,19H,2,7-9,13H2,1H3. The molecule has 0 bridgehead atoms. The van der Waals surface area contributed by atoms with E-state index in [4.69, 9.17) is 4.74 Å². The lowest BCUT2D eigenvalue weighted by Gasteiger charge is -2.11. The van der Waals surface area contributed by atoms with Crippen molar-refractivity contribution in [3.8, 4) is 5.75 Å². The van der Waals surface area contributed by atoms with Crippen LogP contribution in [-0.4, -0.2) is 18.1 Å². The molecule has 1 heterocycles. The molecule has 0 saturated heterocycles. The van der Waals surface area contributed by atoms with Crippen LogP contribution in [0.1, 0.15) is 24.5 Å². The summed E-state index contributed by atoms with van der Waals surface area (Å²) < 4.78 is 6.76. The average molecular weight is 349 g/mol. The third kappa shape index (κ3) is 5.48. The van der Waals surface area contributed by atoms with Crippen molar-refractivity contribution in [3.63, 3.8) is 0 Å². The summed E-state index contributed by atoms with van der Waals surface area (Å²) in [5.74, 6) is 0.781. The molecule has 1 aromatic heterocycles. The first-order chi connectivity index (χ1) is 10.3. The largest absolute Gasteiger partial charge is 0.487 e. The minimum absolute atomic E-state index is 0.572. The van der Waals surface area contributed by atoms with Gasteiger partial charge in [-0.15, -0.1) is 0 Å². The summed E-state index contributed by atoms with van der Waals surface area (Å²) in [6.07, 6.45) is 5.67. The molecule has 21 heavy (non-hydrogen) atoms. The number of ether oxygens (including phenoxy) is 1. The van der Waals surface area contributed by atoms with Crippen LogP contribution in [0.3, 0.4) is 0 Å². The lowest BCUT2D eigenvalue weighted by molar-refractivity contribution is 0.303. The van der Waals surface area contributed by atoms with Crippen molar-refractivity contribution >= 4 is 15.9 Å². The number of pyridine rings is 1. The fraction of sp³-hybridized carbons (Fsp3) is 0.353. The van der Waals surface area contributed by atoms with Gasteiger partial charge in [0.2, 0.25) is 0 Å². The molecular formula is C17H21BrN2O. The Morgan fingerprint density at radius 1 is 1.14 bits per heavy atom. The second-order valence-electron chi connectivity index (χ2n) is 4.90. The molecule has 0 saturated carbocycles. The second kappa shape index (κ2) is 8.80. The molecule has 3 nitrogen and oxygen atoms in total. The maximum absolute atomic E-state index is 5.83. The van der Waals surface area contributed by atoms with Gasteiger partial charge in [0.05, 0.1) is 6.20 Å². The molecule has 0 radical (unpaired) electrons. The Bertz CT molecular complexity index is 560. The molecule has 112 valence electrons. The van der Waals surface area contributed by atoms with Crippen LogP contribution in [-0.2, 0) is 13.0 Å². The van der Waals surface area contributed by atoms with E-state index in [-0.39, 0.29) is 0 Å². The molecule has 0 amide bonds. The van der Waals surface area contributed by atoms with Crippen LogP contribution in [0.4, 0.5) is 0 Å². The molecule has 2 rings (SSSR count). The zero-order chi connectivity index (χ0) is 14.9. The summed E-state index contributed by atoms with van der Waals surface area (Å²) in [5.41, 5.74) is 2.57. The number of hydrogen-bond donors (Lipinski definition) is 1. The fourth-order valence-electron chi connectivity index (χ4n) is 2.10. The molecule has 0 aliphatic rings. The van der Waals surface area contributed by atoms with Crippen molar-refractivity contribution in [2.45, 2.75) is 26.4 Å². The Morgan fingerprint density at radius 2 is 1.95 bits per heavy atom. The van der Waals surface area contributed by atoms with Crippen molar-refractivity contribution < 1.29 is 4.74 Å². The van der Waals surface area contributed by atoms with Gasteiger partial charge in [-0.2, -0.15) is 0 Å². The molecule has 0 spiro atoms. The summed E-state index contributed by atoms with van der Waals surface area (Å²) in [4.78, 5) is 4.11. The minimum Gasteiger partial charge on any atom is -0.487 e. The number of halogens is 1. The summed E-state index contributed by atoms with van der Waals surface area (Å²) in [6.45, 7) is 4.83. The van der Waals surface area contributed by atoms with Crippen molar-refractivity contribution in [2.75, 3.05) is 13.1 Å². The summed E-state index contributed by atoms with van der Waals surface area (Å²) in [6, 6.07) is 10.4. The first-order valence-electron chi connectivity index (χ1n) is 7.30. The molecule has 0 fully saturated rings. The number of rotatable bonds is 8. The maximum Gasteiger partial charge on any atom is 0.139 e. The van der Waals surface area contributed by atoms with E-state index in [0.717, 1.165) is 29.7 Å². The highest BCUT2D eigenvalue weighted by Gasteiger charge is 2.03. The molecule has 1 aromatic carbocycles. The highest BCUT2D eigenvalue weighted by Crippen LogP contribution is 2.18. The van der Waals surface area contributed by atoms with E-state index in [2.05, 4.69) is 57.4 Å². The summed E-state index contributed by atoms with van der Waals surface area (Å²) in [5, 5.41) is 3.44. The first kappa shape index (κ1) is 16.0. The molecule has 4 heteroatoms. The van der Waals surface area contributed by atoms with Gasteiger partial charge in [-0.3, -0.25) is 4.98 Å². The van der Waals surface area contributed by atoms with Gasteiger partial charge < -0.3 is 10.1 Å². The van der Waals surface area contributed by atoms with E-state index in [1.165, 1.54) is 17.5 Å². The number of nitrogens with one attached hydrogen (secondary N) is 1. The van der Waals surface area contributed by atoms with Gasteiger partial charge in [0.15, 0.2) is 0 Å². The zero-order valence-electron chi connectivity index (χ0n) is 12.3. The lowest BCUT2D eigenvalue weighted by atomic mass is 10.1. The van der Waals surface area contributed by atoms with Crippen molar-refractivity contribution in [1.29, 1.82) is 0 Å². The van der Waals surface area contributed by atoms with Crippen LogP contribution in [0.25, 0.3) is 0 Å². The lowest BCUT2D eigenvalue weighted by Crippen LogP contribution is -2.18. The monoisotopic (exact) mass is 348 g/mol. The summed E-state index contributed by atoms with van der Waals surface area (Å²) in [7, 11) is 0. The van der Waals surface area contributed by atoms with E-state index in [1.54, 1.807) is 12.4 Å². The van der Waals surface area contributed by atoms with Gasteiger partial charge in [-0.1, -0.05) is 31.2 Å². The Balaban J connectivity index is 1.93. The predicted octanol–water partition coefficient (Wildman–Crippen LogP) is 3.97. The number of benzene rings is 1. The third-order valence-corrected chi connectivity index (χ3v) is 3.62. The van der Waals surface area contributed by atoms with E-state index < -0.39 is 0 Å². The van der Waals surface area contributed by atoms with Gasteiger partial charge in [0.1, 0.15) is 12.4 Å². The normalized spacial score (nSPS) is 10.6. The van der Waals surface area contributed by atoms with E-state index in [1.807, 2.05) is 6.07 Å². The zero-order valence-corrected chi connectivity index (χ0v) is 13.9. The van der Waals surface area contributed by atoms with E-state index >= 15 is 0 Å². The second-order valence-corrected chi connectivity index (χ2v) is 5.81. The van der Waals surface area contributed by atoms with Crippen LogP contribution in [0.5, 0.6) is 5.75 Å². The topological polar surface area (TPSA) is 34.1 Å². The van der Waals surface area contributed by atoms with Crippen LogP contribution < -0.4 is 10.1 Å². The third-order valence-electron chi connectivity index (χ3n) is 3.19. The van der Waals surface area contributed by atoms with Crippen molar-refractivity contribution in [1.82, 2.24) is 10.3 Å². The predicted molar refractivity (Wildman–Crippen MR) is 89.6 cm³/mol. The Kier molecular flexibility index (Phi) is 6.70. The fourth-order valence-corrected chi connectivity index (χ4v) is 2.44. The van der Waals surface area contributed by atoms with E-state index in [9.17, 15) is 0 Å². The van der Waals surface area contributed by atoms with Gasteiger partial charge in [-0.25, -0.2) is 0 Å². The Labute approximate surface area is 134 Å². The molecular weight excluding hydrogens is 328 g/mol. The van der Waals surface area contributed by atoms with E-state index in [0.29, 0.717) is 6.61 Å². The van der Waals surface area contributed by atoms with Gasteiger partial charge >= 0.3 is 0 Å². The van der Waals surface area contributed by atoms with Crippen LogP contribution in [0.15, 0.2) is 47.2 Å². The SMILES string of the molecule is CCCNCCc1ccccc1COc1cncc(Br)c1. The average Bonchev–Trinajstić information content (AvgIpc) is 2.50. The van der Waals surface area contributed by atoms with Gasteiger partial charge in [-0.05, 0) is 59.1 Å². The number of nitrogens with zero attached hydrogens (tertiary/aromatic N) is 1. The maximum atomic E-state index is 5.83. The number of hydrogen-bond acceptors (Lipinski definition) is 3. The van der Waals surface area contributed by atoms with Crippen LogP contribution in [0.2, 0.25) is 0 Å². The molecule has 2 aromatic rings.